The molecule has 1 atom stereocenters. The molecule has 0 aliphatic carbocycles. The summed E-state index contributed by atoms with van der Waals surface area (Å²) in [5.74, 6) is -1.77. The fraction of sp³-hybridized carbons (Fsp3) is 0.308. The molecule has 0 saturated carbocycles. The molecule has 1 rings (SSSR count). The number of benzene rings is 1. The van der Waals surface area contributed by atoms with E-state index in [1.807, 2.05) is 5.32 Å². The molecular formula is C13H15FN2O4. The summed E-state index contributed by atoms with van der Waals surface area (Å²) in [5.41, 5.74) is 0.565. The zero-order valence-corrected chi connectivity index (χ0v) is 11.1. The third-order valence-electron chi connectivity index (χ3n) is 2.40. The van der Waals surface area contributed by atoms with Gasteiger partial charge in [0.05, 0.1) is 6.42 Å². The van der Waals surface area contributed by atoms with Crippen molar-refractivity contribution in [1.29, 1.82) is 0 Å². The van der Waals surface area contributed by atoms with Gasteiger partial charge >= 0.3 is 12.0 Å². The number of hydrogen-bond acceptors (Lipinski definition) is 4. The average molecular weight is 282 g/mol. The summed E-state index contributed by atoms with van der Waals surface area (Å²) in [4.78, 5) is 33.9. The molecule has 0 spiro atoms. The summed E-state index contributed by atoms with van der Waals surface area (Å²) in [6, 6.07) is 4.67. The van der Waals surface area contributed by atoms with Crippen LogP contribution in [0.5, 0.6) is 0 Å². The van der Waals surface area contributed by atoms with Crippen molar-refractivity contribution in [2.45, 2.75) is 19.4 Å². The molecule has 6 nitrogen and oxygen atoms in total. The molecule has 1 unspecified atom stereocenters. The van der Waals surface area contributed by atoms with Gasteiger partial charge in [0.25, 0.3) is 5.91 Å². The number of halogens is 1. The predicted octanol–water partition coefficient (Wildman–Crippen LogP) is 0.755. The normalized spacial score (nSPS) is 11.3. The van der Waals surface area contributed by atoms with Gasteiger partial charge in [0, 0.05) is 7.05 Å². The van der Waals surface area contributed by atoms with E-state index >= 15 is 0 Å². The predicted molar refractivity (Wildman–Crippen MR) is 68.3 cm³/mol. The molecule has 0 aliphatic heterocycles. The zero-order chi connectivity index (χ0) is 15.1. The van der Waals surface area contributed by atoms with Crippen molar-refractivity contribution in [3.63, 3.8) is 0 Å². The highest BCUT2D eigenvalue weighted by Gasteiger charge is 2.19. The summed E-state index contributed by atoms with van der Waals surface area (Å²) in [6.45, 7) is 1.35. The third-order valence-corrected chi connectivity index (χ3v) is 2.40. The molecule has 1 aromatic carbocycles. The van der Waals surface area contributed by atoms with Gasteiger partial charge in [0.1, 0.15) is 5.82 Å². The maximum Gasteiger partial charge on any atom is 0.321 e. The average Bonchev–Trinajstić information content (AvgIpc) is 2.41. The van der Waals surface area contributed by atoms with E-state index < -0.39 is 29.8 Å². The second kappa shape index (κ2) is 7.22. The minimum absolute atomic E-state index is 0.0854. The standard InChI is InChI=1S/C13H15FN2O4/c1-8(12(18)16-13(19)15-2)20-11(17)7-9-3-5-10(14)6-4-9/h3-6,8H,7H2,1-2H3,(H2,15,16,18,19). The van der Waals surface area contributed by atoms with E-state index in [1.165, 1.54) is 38.2 Å². The second-order valence-corrected chi connectivity index (χ2v) is 4.00. The monoisotopic (exact) mass is 282 g/mol. The number of nitrogens with one attached hydrogen (secondary N) is 2. The molecule has 3 amide bonds. The number of rotatable bonds is 4. The number of carbonyl (C=O) groups excluding carboxylic acids is 3. The van der Waals surface area contributed by atoms with E-state index in [9.17, 15) is 18.8 Å². The Balaban J connectivity index is 2.47. The number of amides is 3. The van der Waals surface area contributed by atoms with Gasteiger partial charge in [0.2, 0.25) is 0 Å². The van der Waals surface area contributed by atoms with Crippen molar-refractivity contribution in [2.24, 2.45) is 0 Å². The van der Waals surface area contributed by atoms with Gasteiger partial charge in [0.15, 0.2) is 6.10 Å². The second-order valence-electron chi connectivity index (χ2n) is 4.00. The first kappa shape index (κ1) is 15.6. The Hall–Kier alpha value is -2.44. The Morgan fingerprint density at radius 2 is 1.85 bits per heavy atom. The molecule has 20 heavy (non-hydrogen) atoms. The number of urea groups is 1. The van der Waals surface area contributed by atoms with Crippen LogP contribution in [0.4, 0.5) is 9.18 Å². The molecule has 0 heterocycles. The third kappa shape index (κ3) is 5.05. The van der Waals surface area contributed by atoms with Crippen molar-refractivity contribution in [2.75, 3.05) is 7.05 Å². The Kier molecular flexibility index (Phi) is 5.64. The molecule has 0 bridgehead atoms. The van der Waals surface area contributed by atoms with Crippen LogP contribution in [0.3, 0.4) is 0 Å². The maximum absolute atomic E-state index is 12.7. The first-order valence-electron chi connectivity index (χ1n) is 5.89. The summed E-state index contributed by atoms with van der Waals surface area (Å²) >= 11 is 0. The van der Waals surface area contributed by atoms with Crippen molar-refractivity contribution in [3.8, 4) is 0 Å². The van der Waals surface area contributed by atoms with Crippen LogP contribution < -0.4 is 10.6 Å². The fourth-order valence-electron chi connectivity index (χ4n) is 1.34. The van der Waals surface area contributed by atoms with Gasteiger partial charge < -0.3 is 10.1 Å². The quantitative estimate of drug-likeness (QED) is 0.798. The van der Waals surface area contributed by atoms with Gasteiger partial charge in [-0.25, -0.2) is 9.18 Å². The van der Waals surface area contributed by atoms with Crippen molar-refractivity contribution in [3.05, 3.63) is 35.6 Å². The number of esters is 1. The number of ether oxygens (including phenoxy) is 1. The highest BCUT2D eigenvalue weighted by atomic mass is 19.1. The van der Waals surface area contributed by atoms with Crippen LogP contribution in [0, 0.1) is 5.82 Å². The molecule has 1 aromatic rings. The molecule has 0 aliphatic rings. The van der Waals surface area contributed by atoms with E-state index in [4.69, 9.17) is 4.74 Å². The molecular weight excluding hydrogens is 267 g/mol. The van der Waals surface area contributed by atoms with Crippen LogP contribution in [-0.2, 0) is 20.7 Å². The van der Waals surface area contributed by atoms with Crippen LogP contribution in [0.25, 0.3) is 0 Å². The van der Waals surface area contributed by atoms with Crippen molar-refractivity contribution >= 4 is 17.9 Å². The molecule has 2 N–H and O–H groups in total. The minimum atomic E-state index is -1.10. The lowest BCUT2D eigenvalue weighted by atomic mass is 10.1. The van der Waals surface area contributed by atoms with Crippen LogP contribution in [0.1, 0.15) is 12.5 Å². The lowest BCUT2D eigenvalue weighted by Crippen LogP contribution is -2.43. The van der Waals surface area contributed by atoms with Gasteiger partial charge in [-0.05, 0) is 24.6 Å². The van der Waals surface area contributed by atoms with Crippen molar-refractivity contribution < 1.29 is 23.5 Å². The Bertz CT molecular complexity index is 502. The van der Waals surface area contributed by atoms with Crippen LogP contribution in [-0.4, -0.2) is 31.1 Å². The van der Waals surface area contributed by atoms with Gasteiger partial charge in [-0.3, -0.25) is 14.9 Å². The largest absolute Gasteiger partial charge is 0.452 e. The molecule has 0 radical (unpaired) electrons. The zero-order valence-electron chi connectivity index (χ0n) is 11.1. The topological polar surface area (TPSA) is 84.5 Å². The Morgan fingerprint density at radius 3 is 2.40 bits per heavy atom. The SMILES string of the molecule is CNC(=O)NC(=O)C(C)OC(=O)Cc1ccc(F)cc1. The molecule has 108 valence electrons. The number of hydrogen-bond donors (Lipinski definition) is 2. The Labute approximate surface area is 115 Å². The smallest absolute Gasteiger partial charge is 0.321 e. The lowest BCUT2D eigenvalue weighted by molar-refractivity contribution is -0.153. The first-order chi connectivity index (χ1) is 9.42. The Morgan fingerprint density at radius 1 is 1.25 bits per heavy atom. The summed E-state index contributed by atoms with van der Waals surface area (Å²) in [5, 5.41) is 4.19. The van der Waals surface area contributed by atoms with E-state index in [0.29, 0.717) is 5.56 Å². The van der Waals surface area contributed by atoms with Gasteiger partial charge in [-0.1, -0.05) is 12.1 Å². The van der Waals surface area contributed by atoms with Crippen LogP contribution >= 0.6 is 0 Å². The van der Waals surface area contributed by atoms with E-state index in [0.717, 1.165) is 0 Å². The van der Waals surface area contributed by atoms with E-state index in [2.05, 4.69) is 5.32 Å². The van der Waals surface area contributed by atoms with Crippen LogP contribution in [0.15, 0.2) is 24.3 Å². The minimum Gasteiger partial charge on any atom is -0.452 e. The molecule has 0 saturated heterocycles. The molecule has 7 heteroatoms. The van der Waals surface area contributed by atoms with E-state index in [-0.39, 0.29) is 6.42 Å². The van der Waals surface area contributed by atoms with Crippen LogP contribution in [0.2, 0.25) is 0 Å². The number of imide groups is 1. The van der Waals surface area contributed by atoms with E-state index in [1.54, 1.807) is 0 Å². The lowest BCUT2D eigenvalue weighted by Gasteiger charge is -2.12. The molecule has 0 aromatic heterocycles. The summed E-state index contributed by atoms with van der Waals surface area (Å²) < 4.78 is 17.6. The first-order valence-corrected chi connectivity index (χ1v) is 5.89. The molecule has 0 fully saturated rings. The van der Waals surface area contributed by atoms with Gasteiger partial charge in [-0.15, -0.1) is 0 Å². The fourth-order valence-corrected chi connectivity index (χ4v) is 1.34. The summed E-state index contributed by atoms with van der Waals surface area (Å²) in [6.07, 6.45) is -1.18. The van der Waals surface area contributed by atoms with Crippen molar-refractivity contribution in [1.82, 2.24) is 10.6 Å². The highest BCUT2D eigenvalue weighted by Crippen LogP contribution is 2.05. The number of carbonyl (C=O) groups is 3. The highest BCUT2D eigenvalue weighted by molar-refractivity contribution is 5.97. The van der Waals surface area contributed by atoms with Gasteiger partial charge in [-0.2, -0.15) is 0 Å². The summed E-state index contributed by atoms with van der Waals surface area (Å²) in [7, 11) is 1.35. The maximum atomic E-state index is 12.7.